The molecule has 3 nitrogen and oxygen atoms in total. The van der Waals surface area contributed by atoms with Crippen molar-refractivity contribution in [3.8, 4) is 5.75 Å². The van der Waals surface area contributed by atoms with Crippen molar-refractivity contribution in [3.63, 3.8) is 0 Å². The second kappa shape index (κ2) is 5.02. The second-order valence-corrected chi connectivity index (χ2v) is 3.64. The Bertz CT molecular complexity index is 472. The molecule has 0 unspecified atom stereocenters. The van der Waals surface area contributed by atoms with E-state index >= 15 is 0 Å². The Balaban J connectivity index is 3.06. The van der Waals surface area contributed by atoms with Crippen LogP contribution in [0.2, 0.25) is 0 Å². The summed E-state index contributed by atoms with van der Waals surface area (Å²) in [4.78, 5) is 11.5. The van der Waals surface area contributed by atoms with Gasteiger partial charge < -0.3 is 9.64 Å². The van der Waals surface area contributed by atoms with E-state index in [9.17, 15) is 26.7 Å². The Morgan fingerprint density at radius 3 is 2.26 bits per heavy atom. The van der Waals surface area contributed by atoms with E-state index < -0.39 is 18.0 Å². The zero-order chi connectivity index (χ0) is 14.8. The molecule has 0 spiro atoms. The molecule has 1 rings (SSSR count). The normalized spacial score (nSPS) is 12.2. The number of hydrogen-bond donors (Lipinski definition) is 0. The zero-order valence-electron chi connectivity index (χ0n) is 9.96. The van der Waals surface area contributed by atoms with Crippen molar-refractivity contribution >= 4 is 11.6 Å². The van der Waals surface area contributed by atoms with Gasteiger partial charge in [-0.3, -0.25) is 4.79 Å². The van der Waals surface area contributed by atoms with Gasteiger partial charge in [-0.25, -0.2) is 0 Å². The second-order valence-electron chi connectivity index (χ2n) is 3.64. The molecule has 0 saturated carbocycles. The fourth-order valence-electron chi connectivity index (χ4n) is 1.27. The molecule has 0 heterocycles. The Morgan fingerprint density at radius 1 is 1.21 bits per heavy atom. The first-order chi connectivity index (χ1) is 8.61. The van der Waals surface area contributed by atoms with Crippen molar-refractivity contribution in [2.45, 2.75) is 12.1 Å². The highest BCUT2D eigenvalue weighted by molar-refractivity contribution is 5.98. The Morgan fingerprint density at radius 2 is 1.79 bits per heavy atom. The zero-order valence-corrected chi connectivity index (χ0v) is 9.96. The predicted molar refractivity (Wildman–Crippen MR) is 57.4 cm³/mol. The molecule has 19 heavy (non-hydrogen) atoms. The van der Waals surface area contributed by atoms with Crippen molar-refractivity contribution in [1.29, 1.82) is 0 Å². The van der Waals surface area contributed by atoms with E-state index in [1.807, 2.05) is 0 Å². The third-order valence-corrected chi connectivity index (χ3v) is 2.37. The van der Waals surface area contributed by atoms with Crippen molar-refractivity contribution in [3.05, 3.63) is 24.3 Å². The van der Waals surface area contributed by atoms with Gasteiger partial charge >= 0.3 is 18.0 Å². The maximum Gasteiger partial charge on any atom is 0.463 e. The van der Waals surface area contributed by atoms with Crippen LogP contribution in [-0.4, -0.2) is 32.2 Å². The molecular formula is C11H10F5NO2. The summed E-state index contributed by atoms with van der Waals surface area (Å²) in [5.74, 6) is -7.56. The van der Waals surface area contributed by atoms with Crippen molar-refractivity contribution < 1.29 is 31.5 Å². The SMILES string of the molecule is COc1cccc(N(C)C(=O)C(F)(F)C(F)(F)F)c1. The van der Waals surface area contributed by atoms with Crippen LogP contribution in [0, 0.1) is 0 Å². The van der Waals surface area contributed by atoms with Gasteiger partial charge in [0.1, 0.15) is 5.75 Å². The number of rotatable bonds is 3. The van der Waals surface area contributed by atoms with E-state index in [0.717, 1.165) is 7.05 Å². The molecule has 0 aliphatic heterocycles. The number of hydrogen-bond acceptors (Lipinski definition) is 2. The maximum absolute atomic E-state index is 12.9. The van der Waals surface area contributed by atoms with Gasteiger partial charge in [0, 0.05) is 18.8 Å². The van der Waals surface area contributed by atoms with Crippen LogP contribution in [-0.2, 0) is 4.79 Å². The summed E-state index contributed by atoms with van der Waals surface area (Å²) < 4.78 is 66.8. The summed E-state index contributed by atoms with van der Waals surface area (Å²) in [7, 11) is 2.13. The fourth-order valence-corrected chi connectivity index (χ4v) is 1.27. The van der Waals surface area contributed by atoms with Crippen LogP contribution in [0.15, 0.2) is 24.3 Å². The summed E-state index contributed by atoms with van der Waals surface area (Å²) in [5, 5.41) is 0. The highest BCUT2D eigenvalue weighted by Gasteiger charge is 2.64. The number of methoxy groups -OCH3 is 1. The van der Waals surface area contributed by atoms with E-state index in [2.05, 4.69) is 0 Å². The molecule has 0 aromatic heterocycles. The number of alkyl halides is 5. The third-order valence-electron chi connectivity index (χ3n) is 2.37. The lowest BCUT2D eigenvalue weighted by atomic mass is 10.2. The van der Waals surface area contributed by atoms with Gasteiger partial charge in [0.2, 0.25) is 0 Å². The molecule has 0 N–H and O–H groups in total. The quantitative estimate of drug-likeness (QED) is 0.798. The lowest BCUT2D eigenvalue weighted by Crippen LogP contribution is -2.51. The Hall–Kier alpha value is -1.86. The smallest absolute Gasteiger partial charge is 0.463 e. The van der Waals surface area contributed by atoms with Gasteiger partial charge in [-0.05, 0) is 12.1 Å². The number of carbonyl (C=O) groups is 1. The van der Waals surface area contributed by atoms with Crippen molar-refractivity contribution in [1.82, 2.24) is 0 Å². The first kappa shape index (κ1) is 15.2. The fraction of sp³-hybridized carbons (Fsp3) is 0.364. The molecule has 1 amide bonds. The minimum Gasteiger partial charge on any atom is -0.497 e. The van der Waals surface area contributed by atoms with Crippen molar-refractivity contribution in [2.75, 3.05) is 19.1 Å². The molecule has 1 aromatic rings. The molecule has 0 saturated heterocycles. The topological polar surface area (TPSA) is 29.5 Å². The summed E-state index contributed by atoms with van der Waals surface area (Å²) in [6, 6.07) is 5.21. The van der Waals surface area contributed by atoms with E-state index in [0.29, 0.717) is 0 Å². The number of nitrogens with zero attached hydrogens (tertiary/aromatic N) is 1. The van der Waals surface area contributed by atoms with Crippen molar-refractivity contribution in [2.24, 2.45) is 0 Å². The third kappa shape index (κ3) is 2.94. The molecule has 0 aliphatic carbocycles. The molecule has 0 radical (unpaired) electrons. The van der Waals surface area contributed by atoms with E-state index in [4.69, 9.17) is 4.74 Å². The molecule has 106 valence electrons. The Labute approximate surface area is 105 Å². The first-order valence-corrected chi connectivity index (χ1v) is 4.98. The van der Waals surface area contributed by atoms with Gasteiger partial charge in [-0.2, -0.15) is 22.0 Å². The number of carbonyl (C=O) groups excluding carboxylic acids is 1. The van der Waals surface area contributed by atoms with Gasteiger partial charge in [0.25, 0.3) is 0 Å². The number of halogens is 5. The summed E-state index contributed by atoms with van der Waals surface area (Å²) in [6.45, 7) is 0. The molecule has 1 aromatic carbocycles. The standard InChI is InChI=1S/C11H10F5NO2/c1-17(7-4-3-5-8(6-7)19-2)9(18)10(12,13)11(14,15)16/h3-6H,1-2H3. The number of benzene rings is 1. The lowest BCUT2D eigenvalue weighted by molar-refractivity contribution is -0.268. The van der Waals surface area contributed by atoms with Gasteiger partial charge in [-0.1, -0.05) is 6.07 Å². The lowest BCUT2D eigenvalue weighted by Gasteiger charge is -2.25. The molecule has 8 heteroatoms. The summed E-state index contributed by atoms with van der Waals surface area (Å²) in [5.41, 5.74) is -0.131. The van der Waals surface area contributed by atoms with Crippen LogP contribution in [0.3, 0.4) is 0 Å². The largest absolute Gasteiger partial charge is 0.497 e. The van der Waals surface area contributed by atoms with Gasteiger partial charge in [0.15, 0.2) is 0 Å². The average molecular weight is 283 g/mol. The highest BCUT2D eigenvalue weighted by atomic mass is 19.4. The van der Waals surface area contributed by atoms with Crippen LogP contribution in [0.25, 0.3) is 0 Å². The summed E-state index contributed by atoms with van der Waals surface area (Å²) in [6.07, 6.45) is -5.93. The van der Waals surface area contributed by atoms with E-state index in [1.54, 1.807) is 0 Å². The van der Waals surface area contributed by atoms with Crippen LogP contribution >= 0.6 is 0 Å². The maximum atomic E-state index is 12.9. The van der Waals surface area contributed by atoms with Crippen LogP contribution in [0.5, 0.6) is 5.75 Å². The van der Waals surface area contributed by atoms with Gasteiger partial charge in [0.05, 0.1) is 7.11 Å². The van der Waals surface area contributed by atoms with Gasteiger partial charge in [-0.15, -0.1) is 0 Å². The van der Waals surface area contributed by atoms with Crippen LogP contribution in [0.1, 0.15) is 0 Å². The molecule has 0 fully saturated rings. The molecule has 0 aliphatic rings. The number of amides is 1. The predicted octanol–water partition coefficient (Wildman–Crippen LogP) is 2.86. The minimum atomic E-state index is -5.93. The monoisotopic (exact) mass is 283 g/mol. The van der Waals surface area contributed by atoms with Crippen LogP contribution in [0.4, 0.5) is 27.6 Å². The number of ether oxygens (including phenoxy) is 1. The Kier molecular flexibility index (Phi) is 4.02. The molecule has 0 atom stereocenters. The van der Waals surface area contributed by atoms with E-state index in [1.165, 1.54) is 31.4 Å². The van der Waals surface area contributed by atoms with Crippen LogP contribution < -0.4 is 9.64 Å². The highest BCUT2D eigenvalue weighted by Crippen LogP contribution is 2.37. The number of anilines is 1. The minimum absolute atomic E-state index is 0.131. The molecular weight excluding hydrogens is 273 g/mol. The van der Waals surface area contributed by atoms with E-state index in [-0.39, 0.29) is 16.3 Å². The average Bonchev–Trinajstić information content (AvgIpc) is 2.35. The molecule has 0 bridgehead atoms. The summed E-state index contributed by atoms with van der Waals surface area (Å²) >= 11 is 0. The first-order valence-electron chi connectivity index (χ1n) is 4.98.